The lowest BCUT2D eigenvalue weighted by Gasteiger charge is -2.21. The molecule has 2 rings (SSSR count). The number of ether oxygens (including phenoxy) is 1. The molecule has 0 saturated heterocycles. The minimum Gasteiger partial charge on any atom is -0.490 e. The number of hydrogen-bond donors (Lipinski definition) is 2. The van der Waals surface area contributed by atoms with Gasteiger partial charge in [-0.25, -0.2) is 4.39 Å². The highest BCUT2D eigenvalue weighted by Crippen LogP contribution is 2.33. The summed E-state index contributed by atoms with van der Waals surface area (Å²) in [6, 6.07) is 3.90. The van der Waals surface area contributed by atoms with Crippen molar-refractivity contribution in [3.8, 4) is 5.75 Å². The lowest BCUT2D eigenvalue weighted by molar-refractivity contribution is -0.118. The number of aliphatic hydroxyl groups is 1. The van der Waals surface area contributed by atoms with Gasteiger partial charge in [-0.2, -0.15) is 0 Å². The van der Waals surface area contributed by atoms with Gasteiger partial charge in [0, 0.05) is 12.0 Å². The van der Waals surface area contributed by atoms with Crippen LogP contribution in [-0.4, -0.2) is 23.7 Å². The first-order valence-corrected chi connectivity index (χ1v) is 6.16. The maximum atomic E-state index is 13.6. The van der Waals surface area contributed by atoms with Crippen molar-refractivity contribution >= 4 is 5.91 Å². The molecule has 1 heterocycles. The van der Waals surface area contributed by atoms with Crippen LogP contribution >= 0.6 is 0 Å². The molecule has 0 bridgehead atoms. The zero-order valence-corrected chi connectivity index (χ0v) is 10.6. The predicted molar refractivity (Wildman–Crippen MR) is 68.2 cm³/mol. The zero-order chi connectivity index (χ0) is 13.8. The van der Waals surface area contributed by atoms with Crippen molar-refractivity contribution in [2.45, 2.75) is 25.5 Å². The molecule has 1 aromatic carbocycles. The molecular weight excluding hydrogens is 249 g/mol. The Morgan fingerprint density at radius 2 is 2.37 bits per heavy atom. The fourth-order valence-corrected chi connectivity index (χ4v) is 2.11. The van der Waals surface area contributed by atoms with Gasteiger partial charge in [0.25, 0.3) is 0 Å². The molecule has 0 aromatic heterocycles. The lowest BCUT2D eigenvalue weighted by Crippen LogP contribution is -2.38. The van der Waals surface area contributed by atoms with Crippen LogP contribution in [0.15, 0.2) is 30.4 Å². The Hall–Kier alpha value is -1.88. The standard InChI is InChI=1S/C14H16FNO3/c1-2-4-12(17)16-11-7-8-19-14-9(13(11)18)5-3-6-10(14)15/h2-6,11,13,18H,7-8H2,1H3,(H,16,17)/b4-2+. The fourth-order valence-electron chi connectivity index (χ4n) is 2.11. The first kappa shape index (κ1) is 13.5. The molecule has 0 saturated carbocycles. The minimum atomic E-state index is -0.984. The van der Waals surface area contributed by atoms with E-state index in [9.17, 15) is 14.3 Å². The predicted octanol–water partition coefficient (Wildman–Crippen LogP) is 1.70. The number of carbonyl (C=O) groups excluding carboxylic acids is 1. The highest BCUT2D eigenvalue weighted by atomic mass is 19.1. The van der Waals surface area contributed by atoms with Gasteiger partial charge < -0.3 is 15.2 Å². The summed E-state index contributed by atoms with van der Waals surface area (Å²) >= 11 is 0. The summed E-state index contributed by atoms with van der Waals surface area (Å²) < 4.78 is 18.9. The average molecular weight is 265 g/mol. The second-order valence-corrected chi connectivity index (χ2v) is 4.36. The van der Waals surface area contributed by atoms with E-state index >= 15 is 0 Å². The van der Waals surface area contributed by atoms with Gasteiger partial charge in [-0.15, -0.1) is 0 Å². The van der Waals surface area contributed by atoms with Gasteiger partial charge in [-0.05, 0) is 19.1 Å². The van der Waals surface area contributed by atoms with Crippen LogP contribution < -0.4 is 10.1 Å². The van der Waals surface area contributed by atoms with Crippen molar-refractivity contribution in [2.75, 3.05) is 6.61 Å². The molecule has 1 amide bonds. The Labute approximate surface area is 110 Å². The van der Waals surface area contributed by atoms with Gasteiger partial charge in [0.1, 0.15) is 6.10 Å². The summed E-state index contributed by atoms with van der Waals surface area (Å²) in [5, 5.41) is 12.9. The second kappa shape index (κ2) is 5.84. The number of para-hydroxylation sites is 1. The topological polar surface area (TPSA) is 58.6 Å². The van der Waals surface area contributed by atoms with E-state index in [1.807, 2.05) is 0 Å². The summed E-state index contributed by atoms with van der Waals surface area (Å²) in [5.41, 5.74) is 0.364. The zero-order valence-electron chi connectivity index (χ0n) is 10.6. The van der Waals surface area contributed by atoms with Crippen LogP contribution in [0.3, 0.4) is 0 Å². The van der Waals surface area contributed by atoms with Crippen LogP contribution in [0.1, 0.15) is 25.0 Å². The number of nitrogens with one attached hydrogen (secondary N) is 1. The fraction of sp³-hybridized carbons (Fsp3) is 0.357. The molecule has 0 aliphatic carbocycles. The number of rotatable bonds is 2. The van der Waals surface area contributed by atoms with Gasteiger partial charge in [0.2, 0.25) is 5.91 Å². The highest BCUT2D eigenvalue weighted by molar-refractivity contribution is 5.87. The summed E-state index contributed by atoms with van der Waals surface area (Å²) in [7, 11) is 0. The molecule has 2 N–H and O–H groups in total. The highest BCUT2D eigenvalue weighted by Gasteiger charge is 2.29. The van der Waals surface area contributed by atoms with E-state index in [1.54, 1.807) is 19.1 Å². The van der Waals surface area contributed by atoms with Crippen molar-refractivity contribution < 1.29 is 19.0 Å². The number of halogens is 1. The number of fused-ring (bicyclic) bond motifs is 1. The Morgan fingerprint density at radius 1 is 1.58 bits per heavy atom. The van der Waals surface area contributed by atoms with Crippen molar-refractivity contribution in [3.05, 3.63) is 41.7 Å². The molecule has 1 aromatic rings. The molecule has 0 spiro atoms. The largest absolute Gasteiger partial charge is 0.490 e. The third-order valence-corrected chi connectivity index (χ3v) is 3.02. The molecular formula is C14H16FNO3. The molecule has 2 atom stereocenters. The number of aliphatic hydroxyl groups excluding tert-OH is 1. The molecule has 102 valence electrons. The van der Waals surface area contributed by atoms with Gasteiger partial charge in [-0.1, -0.05) is 18.2 Å². The second-order valence-electron chi connectivity index (χ2n) is 4.36. The normalized spacial score (nSPS) is 22.5. The smallest absolute Gasteiger partial charge is 0.243 e. The van der Waals surface area contributed by atoms with Gasteiger partial charge in [-0.3, -0.25) is 4.79 Å². The molecule has 2 unspecified atom stereocenters. The number of carbonyl (C=O) groups is 1. The Morgan fingerprint density at radius 3 is 3.11 bits per heavy atom. The molecule has 1 aliphatic rings. The number of hydrogen-bond acceptors (Lipinski definition) is 3. The van der Waals surface area contributed by atoms with E-state index in [0.717, 1.165) is 0 Å². The molecule has 0 radical (unpaired) electrons. The summed E-state index contributed by atoms with van der Waals surface area (Å²) in [5.74, 6) is -0.721. The first-order valence-electron chi connectivity index (χ1n) is 6.16. The van der Waals surface area contributed by atoms with E-state index < -0.39 is 18.0 Å². The van der Waals surface area contributed by atoms with Crippen molar-refractivity contribution in [2.24, 2.45) is 0 Å². The molecule has 1 aliphatic heterocycles. The number of allylic oxidation sites excluding steroid dienone is 1. The van der Waals surface area contributed by atoms with Gasteiger partial charge in [0.05, 0.1) is 12.6 Å². The first-order chi connectivity index (χ1) is 9.13. The molecule has 4 nitrogen and oxygen atoms in total. The molecule has 5 heteroatoms. The van der Waals surface area contributed by atoms with Crippen molar-refractivity contribution in [1.82, 2.24) is 5.32 Å². The van der Waals surface area contributed by atoms with Crippen molar-refractivity contribution in [3.63, 3.8) is 0 Å². The summed E-state index contributed by atoms with van der Waals surface area (Å²) in [6.45, 7) is 1.97. The van der Waals surface area contributed by atoms with Crippen LogP contribution in [0, 0.1) is 5.82 Å². The maximum Gasteiger partial charge on any atom is 0.243 e. The Kier molecular flexibility index (Phi) is 4.16. The van der Waals surface area contributed by atoms with E-state index in [4.69, 9.17) is 4.74 Å². The van der Waals surface area contributed by atoms with Gasteiger partial charge >= 0.3 is 0 Å². The average Bonchev–Trinajstić information content (AvgIpc) is 2.53. The van der Waals surface area contributed by atoms with Crippen LogP contribution in [0.4, 0.5) is 4.39 Å². The Balaban J connectivity index is 2.23. The SMILES string of the molecule is C/C=C/C(=O)NC1CCOc2c(F)cccc2C1O. The number of amides is 1. The maximum absolute atomic E-state index is 13.6. The quantitative estimate of drug-likeness (QED) is 0.800. The third-order valence-electron chi connectivity index (χ3n) is 3.02. The summed E-state index contributed by atoms with van der Waals surface area (Å²) in [6.07, 6.45) is 2.42. The Bertz CT molecular complexity index is 501. The van der Waals surface area contributed by atoms with E-state index in [1.165, 1.54) is 18.2 Å². The lowest BCUT2D eigenvalue weighted by atomic mass is 10.00. The monoisotopic (exact) mass is 265 g/mol. The van der Waals surface area contributed by atoms with Crippen LogP contribution in [0.25, 0.3) is 0 Å². The van der Waals surface area contributed by atoms with E-state index in [0.29, 0.717) is 12.0 Å². The third kappa shape index (κ3) is 2.93. The van der Waals surface area contributed by atoms with Gasteiger partial charge in [0.15, 0.2) is 11.6 Å². The van der Waals surface area contributed by atoms with Crippen molar-refractivity contribution in [1.29, 1.82) is 0 Å². The van der Waals surface area contributed by atoms with Crippen LogP contribution in [0.2, 0.25) is 0 Å². The summed E-state index contributed by atoms with van der Waals surface area (Å²) in [4.78, 5) is 11.5. The molecule has 19 heavy (non-hydrogen) atoms. The van der Waals surface area contributed by atoms with Crippen LogP contribution in [0.5, 0.6) is 5.75 Å². The van der Waals surface area contributed by atoms with Crippen LogP contribution in [-0.2, 0) is 4.79 Å². The van der Waals surface area contributed by atoms with E-state index in [2.05, 4.69) is 5.32 Å². The number of benzene rings is 1. The molecule has 0 fully saturated rings. The van der Waals surface area contributed by atoms with E-state index in [-0.39, 0.29) is 18.3 Å². The minimum absolute atomic E-state index is 0.0674.